The van der Waals surface area contributed by atoms with Crippen molar-refractivity contribution in [3.05, 3.63) is 12.2 Å². The number of hydrogen-bond acceptors (Lipinski definition) is 3. The average molecular weight is 172 g/mol. The van der Waals surface area contributed by atoms with Crippen LogP contribution in [0.15, 0.2) is 12.2 Å². The molecule has 0 rings (SSSR count). The Morgan fingerprint density at radius 3 is 2.50 bits per heavy atom. The van der Waals surface area contributed by atoms with Gasteiger partial charge >= 0.3 is 11.9 Å². The third kappa shape index (κ3) is 5.46. The summed E-state index contributed by atoms with van der Waals surface area (Å²) in [5, 5.41) is 8.38. The summed E-state index contributed by atoms with van der Waals surface area (Å²) >= 11 is 0. The molecular formula is C8H12O4. The van der Waals surface area contributed by atoms with Crippen LogP contribution in [-0.2, 0) is 14.3 Å². The van der Waals surface area contributed by atoms with Crippen LogP contribution in [0.4, 0.5) is 0 Å². The number of carboxylic acids is 1. The number of carboxylic acid groups (broad SMARTS) is 1. The SMILES string of the molecule is C=C(CCCOC(C)=O)C(=O)O. The molecule has 0 aliphatic heterocycles. The first-order chi connectivity index (χ1) is 5.54. The van der Waals surface area contributed by atoms with E-state index < -0.39 is 5.97 Å². The molecule has 0 aromatic carbocycles. The van der Waals surface area contributed by atoms with E-state index in [1.54, 1.807) is 0 Å². The molecule has 0 bridgehead atoms. The fourth-order valence-corrected chi connectivity index (χ4v) is 0.608. The zero-order chi connectivity index (χ0) is 9.56. The Labute approximate surface area is 70.8 Å². The topological polar surface area (TPSA) is 63.6 Å². The maximum absolute atomic E-state index is 10.3. The molecule has 0 amide bonds. The number of esters is 1. The van der Waals surface area contributed by atoms with Crippen molar-refractivity contribution in [1.82, 2.24) is 0 Å². The molecule has 0 heterocycles. The van der Waals surface area contributed by atoms with Crippen LogP contribution in [0.5, 0.6) is 0 Å². The minimum atomic E-state index is -1.00. The molecule has 0 aromatic rings. The molecule has 0 saturated heterocycles. The molecule has 0 atom stereocenters. The third-order valence-electron chi connectivity index (χ3n) is 1.23. The lowest BCUT2D eigenvalue weighted by molar-refractivity contribution is -0.141. The Bertz CT molecular complexity index is 195. The average Bonchev–Trinajstić information content (AvgIpc) is 1.97. The smallest absolute Gasteiger partial charge is 0.330 e. The quantitative estimate of drug-likeness (QED) is 0.381. The van der Waals surface area contributed by atoms with Gasteiger partial charge in [0.25, 0.3) is 0 Å². The number of ether oxygens (including phenoxy) is 1. The van der Waals surface area contributed by atoms with E-state index in [0.29, 0.717) is 12.8 Å². The largest absolute Gasteiger partial charge is 0.478 e. The lowest BCUT2D eigenvalue weighted by Gasteiger charge is -2.00. The molecule has 12 heavy (non-hydrogen) atoms. The molecule has 0 radical (unpaired) electrons. The van der Waals surface area contributed by atoms with Gasteiger partial charge in [0, 0.05) is 12.5 Å². The van der Waals surface area contributed by atoms with Crippen LogP contribution >= 0.6 is 0 Å². The first-order valence-corrected chi connectivity index (χ1v) is 3.58. The predicted molar refractivity (Wildman–Crippen MR) is 42.6 cm³/mol. The highest BCUT2D eigenvalue weighted by atomic mass is 16.5. The van der Waals surface area contributed by atoms with E-state index in [2.05, 4.69) is 11.3 Å². The molecule has 0 aliphatic carbocycles. The van der Waals surface area contributed by atoms with Crippen LogP contribution in [0.2, 0.25) is 0 Å². The van der Waals surface area contributed by atoms with Gasteiger partial charge < -0.3 is 9.84 Å². The van der Waals surface area contributed by atoms with Gasteiger partial charge in [-0.1, -0.05) is 6.58 Å². The number of hydrogen-bond donors (Lipinski definition) is 1. The van der Waals surface area contributed by atoms with Gasteiger partial charge in [0.05, 0.1) is 6.61 Å². The van der Waals surface area contributed by atoms with E-state index in [4.69, 9.17) is 5.11 Å². The van der Waals surface area contributed by atoms with Gasteiger partial charge in [0.15, 0.2) is 0 Å². The Morgan fingerprint density at radius 1 is 1.50 bits per heavy atom. The molecular weight excluding hydrogens is 160 g/mol. The summed E-state index contributed by atoms with van der Waals surface area (Å²) in [5.41, 5.74) is 0.141. The van der Waals surface area contributed by atoms with Crippen molar-refractivity contribution in [3.8, 4) is 0 Å². The molecule has 0 aliphatic rings. The molecule has 0 aromatic heterocycles. The fraction of sp³-hybridized carbons (Fsp3) is 0.500. The van der Waals surface area contributed by atoms with Gasteiger partial charge in [-0.3, -0.25) is 4.79 Å². The normalized spacial score (nSPS) is 9.08. The van der Waals surface area contributed by atoms with E-state index in [0.717, 1.165) is 0 Å². The highest BCUT2D eigenvalue weighted by Gasteiger charge is 2.03. The maximum atomic E-state index is 10.3. The number of carbonyl (C=O) groups is 2. The van der Waals surface area contributed by atoms with E-state index >= 15 is 0 Å². The van der Waals surface area contributed by atoms with Crippen LogP contribution in [-0.4, -0.2) is 23.7 Å². The summed E-state index contributed by atoms with van der Waals surface area (Å²) in [6.07, 6.45) is 0.854. The fourth-order valence-electron chi connectivity index (χ4n) is 0.608. The van der Waals surface area contributed by atoms with Crippen molar-refractivity contribution in [2.24, 2.45) is 0 Å². The standard InChI is InChI=1S/C8H12O4/c1-6(8(10)11)4-3-5-12-7(2)9/h1,3-5H2,2H3,(H,10,11). The highest BCUT2D eigenvalue weighted by Crippen LogP contribution is 2.01. The van der Waals surface area contributed by atoms with Crippen molar-refractivity contribution in [2.45, 2.75) is 19.8 Å². The van der Waals surface area contributed by atoms with Gasteiger partial charge in [-0.05, 0) is 12.8 Å². The van der Waals surface area contributed by atoms with Gasteiger partial charge in [0.2, 0.25) is 0 Å². The minimum absolute atomic E-state index is 0.141. The second-order valence-corrected chi connectivity index (χ2v) is 2.35. The second kappa shape index (κ2) is 5.35. The predicted octanol–water partition coefficient (Wildman–Crippen LogP) is 0.970. The Morgan fingerprint density at radius 2 is 2.08 bits per heavy atom. The van der Waals surface area contributed by atoms with Crippen LogP contribution in [0.3, 0.4) is 0 Å². The second-order valence-electron chi connectivity index (χ2n) is 2.35. The van der Waals surface area contributed by atoms with E-state index in [1.165, 1.54) is 6.92 Å². The molecule has 4 nitrogen and oxygen atoms in total. The summed E-state index contributed by atoms with van der Waals surface area (Å²) in [6.45, 7) is 4.89. The van der Waals surface area contributed by atoms with E-state index in [1.807, 2.05) is 0 Å². The van der Waals surface area contributed by atoms with Crippen LogP contribution in [0.1, 0.15) is 19.8 Å². The van der Waals surface area contributed by atoms with Gasteiger partial charge in [0.1, 0.15) is 0 Å². The molecule has 4 heteroatoms. The van der Waals surface area contributed by atoms with Crippen molar-refractivity contribution >= 4 is 11.9 Å². The molecule has 68 valence electrons. The first kappa shape index (κ1) is 10.7. The molecule has 0 spiro atoms. The van der Waals surface area contributed by atoms with Gasteiger partial charge in [-0.2, -0.15) is 0 Å². The zero-order valence-corrected chi connectivity index (χ0v) is 7.00. The number of carbonyl (C=O) groups excluding carboxylic acids is 1. The van der Waals surface area contributed by atoms with Gasteiger partial charge in [-0.25, -0.2) is 4.79 Å². The minimum Gasteiger partial charge on any atom is -0.478 e. The Hall–Kier alpha value is -1.32. The van der Waals surface area contributed by atoms with E-state index in [9.17, 15) is 9.59 Å². The van der Waals surface area contributed by atoms with Crippen molar-refractivity contribution in [2.75, 3.05) is 6.61 Å². The Balaban J connectivity index is 3.38. The summed E-state index contributed by atoms with van der Waals surface area (Å²) in [4.78, 5) is 20.5. The Kier molecular flexibility index (Phi) is 4.76. The summed E-state index contributed by atoms with van der Waals surface area (Å²) < 4.78 is 4.60. The summed E-state index contributed by atoms with van der Waals surface area (Å²) in [5.74, 6) is -1.35. The number of aliphatic carboxylic acids is 1. The lowest BCUT2D eigenvalue weighted by atomic mass is 10.2. The lowest BCUT2D eigenvalue weighted by Crippen LogP contribution is -2.03. The van der Waals surface area contributed by atoms with E-state index in [-0.39, 0.29) is 18.1 Å². The summed E-state index contributed by atoms with van der Waals surface area (Å²) in [6, 6.07) is 0. The van der Waals surface area contributed by atoms with Crippen LogP contribution in [0, 0.1) is 0 Å². The zero-order valence-electron chi connectivity index (χ0n) is 7.00. The van der Waals surface area contributed by atoms with Crippen LogP contribution in [0.25, 0.3) is 0 Å². The number of rotatable bonds is 5. The molecule has 0 fully saturated rings. The highest BCUT2D eigenvalue weighted by molar-refractivity contribution is 5.85. The van der Waals surface area contributed by atoms with Crippen molar-refractivity contribution in [3.63, 3.8) is 0 Å². The van der Waals surface area contributed by atoms with Crippen LogP contribution < -0.4 is 0 Å². The maximum Gasteiger partial charge on any atom is 0.330 e. The monoisotopic (exact) mass is 172 g/mol. The third-order valence-corrected chi connectivity index (χ3v) is 1.23. The molecule has 1 N–H and O–H groups in total. The first-order valence-electron chi connectivity index (χ1n) is 3.58. The molecule has 0 saturated carbocycles. The van der Waals surface area contributed by atoms with Crippen molar-refractivity contribution < 1.29 is 19.4 Å². The van der Waals surface area contributed by atoms with Crippen molar-refractivity contribution in [1.29, 1.82) is 0 Å². The van der Waals surface area contributed by atoms with Gasteiger partial charge in [-0.15, -0.1) is 0 Å². The summed E-state index contributed by atoms with van der Waals surface area (Å²) in [7, 11) is 0. The molecule has 0 unspecified atom stereocenters.